The van der Waals surface area contributed by atoms with Crippen LogP contribution in [0.5, 0.6) is 5.88 Å². The lowest BCUT2D eigenvalue weighted by Crippen LogP contribution is -2.49. The number of hydrogen-bond acceptors (Lipinski definition) is 6. The number of nitrogens with zero attached hydrogens (tertiary/aromatic N) is 3. The molecule has 2 aliphatic carbocycles. The Balaban J connectivity index is 1.57. The van der Waals surface area contributed by atoms with Crippen LogP contribution in [0.25, 0.3) is 11.0 Å². The molecule has 2 aromatic heterocycles. The second-order valence-electron chi connectivity index (χ2n) is 7.45. The van der Waals surface area contributed by atoms with E-state index in [2.05, 4.69) is 17.0 Å². The molecule has 0 atom stereocenters. The Hall–Kier alpha value is -2.15. The predicted octanol–water partition coefficient (Wildman–Crippen LogP) is 2.04. The van der Waals surface area contributed by atoms with Crippen LogP contribution in [-0.2, 0) is 15.0 Å². The van der Waals surface area contributed by atoms with Crippen LogP contribution >= 0.6 is 0 Å². The van der Waals surface area contributed by atoms with E-state index >= 15 is 0 Å². The van der Waals surface area contributed by atoms with E-state index < -0.39 is 5.97 Å². The van der Waals surface area contributed by atoms with Crippen molar-refractivity contribution >= 4 is 17.0 Å². The number of pyridine rings is 1. The number of esters is 1. The van der Waals surface area contributed by atoms with E-state index in [9.17, 15) is 4.79 Å². The lowest BCUT2D eigenvalue weighted by molar-refractivity contribution is 0.00381. The fourth-order valence-corrected chi connectivity index (χ4v) is 3.95. The third-order valence-corrected chi connectivity index (χ3v) is 5.25. The van der Waals surface area contributed by atoms with Crippen LogP contribution in [0.15, 0.2) is 12.3 Å². The molecule has 7 nitrogen and oxygen atoms in total. The molecule has 2 bridgehead atoms. The maximum Gasteiger partial charge on any atom is 0.343 e. The van der Waals surface area contributed by atoms with Crippen molar-refractivity contribution in [1.82, 2.24) is 14.8 Å². The minimum atomic E-state index is -0.439. The van der Waals surface area contributed by atoms with Crippen LogP contribution in [0.4, 0.5) is 0 Å². The molecule has 0 aromatic carbocycles. The molecule has 4 heterocycles. The fraction of sp³-hybridized carbons (Fsp3) is 0.588. The average molecular weight is 329 g/mol. The minimum Gasteiger partial charge on any atom is -0.474 e. The quantitative estimate of drug-likeness (QED) is 0.799. The summed E-state index contributed by atoms with van der Waals surface area (Å²) in [6.45, 7) is 2.81. The van der Waals surface area contributed by atoms with E-state index in [-0.39, 0.29) is 17.2 Å². The number of carbonyl (C=O) groups excluding carboxylic acids is 1. The zero-order chi connectivity index (χ0) is 16.5. The molecule has 0 radical (unpaired) electrons. The van der Waals surface area contributed by atoms with Gasteiger partial charge in [-0.15, -0.1) is 0 Å². The number of ether oxygens (including phenoxy) is 3. The highest BCUT2D eigenvalue weighted by atomic mass is 16.5. The smallest absolute Gasteiger partial charge is 0.343 e. The molecule has 4 fully saturated rings. The lowest BCUT2D eigenvalue weighted by atomic mass is 9.69. The van der Waals surface area contributed by atoms with Crippen molar-refractivity contribution in [3.63, 3.8) is 0 Å². The van der Waals surface area contributed by atoms with Crippen molar-refractivity contribution in [2.45, 2.75) is 49.9 Å². The highest BCUT2D eigenvalue weighted by molar-refractivity contribution is 5.95. The van der Waals surface area contributed by atoms with Crippen molar-refractivity contribution in [3.05, 3.63) is 17.8 Å². The van der Waals surface area contributed by atoms with Crippen LogP contribution in [-0.4, -0.2) is 46.2 Å². The molecule has 4 aliphatic rings. The second kappa shape index (κ2) is 4.47. The Kier molecular flexibility index (Phi) is 2.65. The lowest BCUT2D eigenvalue weighted by Gasteiger charge is -2.42. The molecule has 126 valence electrons. The van der Waals surface area contributed by atoms with Crippen molar-refractivity contribution in [2.75, 3.05) is 13.7 Å². The van der Waals surface area contributed by atoms with Crippen LogP contribution in [0.1, 0.15) is 43.0 Å². The molecule has 2 aromatic rings. The molecule has 6 rings (SSSR count). The van der Waals surface area contributed by atoms with Crippen LogP contribution in [0, 0.1) is 0 Å². The second-order valence-corrected chi connectivity index (χ2v) is 7.45. The molecule has 24 heavy (non-hydrogen) atoms. The van der Waals surface area contributed by atoms with Crippen LogP contribution in [0.2, 0.25) is 0 Å². The normalized spacial score (nSPS) is 31.1. The van der Waals surface area contributed by atoms with Gasteiger partial charge in [0.25, 0.3) is 0 Å². The Morgan fingerprint density at radius 3 is 2.83 bits per heavy atom. The van der Waals surface area contributed by atoms with E-state index in [1.165, 1.54) is 7.11 Å². The summed E-state index contributed by atoms with van der Waals surface area (Å²) in [5.74, 6) is -0.118. The molecule has 0 amide bonds. The van der Waals surface area contributed by atoms with Crippen molar-refractivity contribution < 1.29 is 19.0 Å². The van der Waals surface area contributed by atoms with Crippen LogP contribution in [0.3, 0.4) is 0 Å². The van der Waals surface area contributed by atoms with Gasteiger partial charge in [0, 0.05) is 24.4 Å². The molecular formula is C17H19N3O4. The summed E-state index contributed by atoms with van der Waals surface area (Å²) in [6.07, 6.45) is 6.01. The van der Waals surface area contributed by atoms with E-state index in [1.807, 2.05) is 10.9 Å². The molecule has 0 N–H and O–H groups in total. The standard InChI is InChI=1S/C17H19N3O4/c1-16-7-17(8-16,9-23-16)20-6-10-5-12(15(21)22-2)14(18-13(10)19-20)24-11-3-4-11/h5-6,11H,3-4,7-9H2,1-2H3. The summed E-state index contributed by atoms with van der Waals surface area (Å²) >= 11 is 0. The maximum atomic E-state index is 12.1. The molecule has 2 aliphatic heterocycles. The monoisotopic (exact) mass is 329 g/mol. The van der Waals surface area contributed by atoms with Gasteiger partial charge in [-0.2, -0.15) is 10.1 Å². The summed E-state index contributed by atoms with van der Waals surface area (Å²) in [4.78, 5) is 16.6. The topological polar surface area (TPSA) is 75.5 Å². The Bertz CT molecular complexity index is 849. The Morgan fingerprint density at radius 2 is 2.21 bits per heavy atom. The first-order chi connectivity index (χ1) is 11.5. The first kappa shape index (κ1) is 14.2. The van der Waals surface area contributed by atoms with Crippen molar-refractivity contribution in [2.24, 2.45) is 0 Å². The summed E-state index contributed by atoms with van der Waals surface area (Å²) in [6, 6.07) is 1.76. The number of fused-ring (bicyclic) bond motifs is 2. The molecular weight excluding hydrogens is 310 g/mol. The van der Waals surface area contributed by atoms with E-state index in [1.54, 1.807) is 6.07 Å². The fourth-order valence-electron chi connectivity index (χ4n) is 3.95. The Labute approximate surface area is 138 Å². The van der Waals surface area contributed by atoms with Gasteiger partial charge < -0.3 is 14.2 Å². The van der Waals surface area contributed by atoms with Gasteiger partial charge in [-0.25, -0.2) is 4.79 Å². The largest absolute Gasteiger partial charge is 0.474 e. The van der Waals surface area contributed by atoms with Gasteiger partial charge in [0.15, 0.2) is 5.65 Å². The minimum absolute atomic E-state index is 0.0109. The highest BCUT2D eigenvalue weighted by Gasteiger charge is 2.61. The molecule has 2 saturated heterocycles. The molecule has 7 heteroatoms. The van der Waals surface area contributed by atoms with E-state index in [4.69, 9.17) is 14.2 Å². The molecule has 0 unspecified atom stereocenters. The number of aromatic nitrogens is 3. The zero-order valence-corrected chi connectivity index (χ0v) is 13.7. The van der Waals surface area contributed by atoms with Gasteiger partial charge in [0.1, 0.15) is 11.7 Å². The third-order valence-electron chi connectivity index (χ3n) is 5.25. The van der Waals surface area contributed by atoms with Gasteiger partial charge in [-0.3, -0.25) is 4.68 Å². The molecule has 2 saturated carbocycles. The first-order valence-corrected chi connectivity index (χ1v) is 8.30. The number of methoxy groups -OCH3 is 1. The van der Waals surface area contributed by atoms with Gasteiger partial charge in [-0.05, 0) is 25.8 Å². The van der Waals surface area contributed by atoms with Crippen molar-refractivity contribution in [1.29, 1.82) is 0 Å². The predicted molar refractivity (Wildman–Crippen MR) is 84.1 cm³/mol. The first-order valence-electron chi connectivity index (χ1n) is 8.30. The van der Waals surface area contributed by atoms with Gasteiger partial charge >= 0.3 is 5.97 Å². The molecule has 0 spiro atoms. The summed E-state index contributed by atoms with van der Waals surface area (Å²) in [5.41, 5.74) is 0.865. The Morgan fingerprint density at radius 1 is 1.42 bits per heavy atom. The van der Waals surface area contributed by atoms with Gasteiger partial charge in [0.05, 0.1) is 24.9 Å². The number of carbonyl (C=O) groups is 1. The van der Waals surface area contributed by atoms with Gasteiger partial charge in [0.2, 0.25) is 5.88 Å². The van der Waals surface area contributed by atoms with Gasteiger partial charge in [-0.1, -0.05) is 0 Å². The van der Waals surface area contributed by atoms with E-state index in [0.717, 1.165) is 31.1 Å². The average Bonchev–Trinajstić information content (AvgIpc) is 3.00. The third kappa shape index (κ3) is 1.97. The zero-order valence-electron chi connectivity index (χ0n) is 13.7. The maximum absolute atomic E-state index is 12.1. The van der Waals surface area contributed by atoms with Crippen LogP contribution < -0.4 is 4.74 Å². The highest BCUT2D eigenvalue weighted by Crippen LogP contribution is 2.55. The summed E-state index contributed by atoms with van der Waals surface area (Å²) in [7, 11) is 1.36. The number of rotatable bonds is 4. The van der Waals surface area contributed by atoms with Crippen molar-refractivity contribution in [3.8, 4) is 5.88 Å². The summed E-state index contributed by atoms with van der Waals surface area (Å²) < 4.78 is 18.5. The SMILES string of the molecule is COC(=O)c1cc2cn(C34COC(C)(C3)C4)nc2nc1OC1CC1. The summed E-state index contributed by atoms with van der Waals surface area (Å²) in [5, 5.41) is 5.46. The number of hydrogen-bond donors (Lipinski definition) is 0. The van der Waals surface area contributed by atoms with E-state index in [0.29, 0.717) is 23.7 Å².